The van der Waals surface area contributed by atoms with Crippen LogP contribution >= 0.6 is 11.6 Å². The van der Waals surface area contributed by atoms with Gasteiger partial charge in [0.25, 0.3) is 0 Å². The van der Waals surface area contributed by atoms with E-state index in [0.717, 1.165) is 16.7 Å². The third-order valence-corrected chi connectivity index (χ3v) is 6.33. The molecule has 3 aromatic rings. The highest BCUT2D eigenvalue weighted by molar-refractivity contribution is 7.89. The zero-order valence-electron chi connectivity index (χ0n) is 15.7. The SMILES string of the molecule is Cc1nn(C)c(Cl)c1S(=O)(=O)NCc1ccc(COCc2ccccc2)cc1. The number of sulfonamides is 1. The van der Waals surface area contributed by atoms with Gasteiger partial charge in [0.2, 0.25) is 10.0 Å². The number of benzene rings is 2. The van der Waals surface area contributed by atoms with Gasteiger partial charge in [-0.3, -0.25) is 4.68 Å². The molecule has 0 bridgehead atoms. The van der Waals surface area contributed by atoms with E-state index in [4.69, 9.17) is 16.3 Å². The van der Waals surface area contributed by atoms with E-state index in [1.807, 2.05) is 54.6 Å². The van der Waals surface area contributed by atoms with Gasteiger partial charge in [-0.15, -0.1) is 0 Å². The summed E-state index contributed by atoms with van der Waals surface area (Å²) in [6.07, 6.45) is 0. The van der Waals surface area contributed by atoms with E-state index in [0.29, 0.717) is 18.9 Å². The second kappa shape index (κ2) is 8.87. The van der Waals surface area contributed by atoms with Gasteiger partial charge in [0.05, 0.1) is 18.9 Å². The molecule has 0 atom stereocenters. The van der Waals surface area contributed by atoms with Crippen molar-refractivity contribution in [2.24, 2.45) is 7.05 Å². The van der Waals surface area contributed by atoms with Gasteiger partial charge in [-0.1, -0.05) is 66.2 Å². The van der Waals surface area contributed by atoms with Gasteiger partial charge in [0.1, 0.15) is 10.0 Å². The maximum atomic E-state index is 12.5. The van der Waals surface area contributed by atoms with Crippen molar-refractivity contribution < 1.29 is 13.2 Å². The second-order valence-electron chi connectivity index (χ2n) is 6.45. The average molecular weight is 420 g/mol. The molecule has 0 radical (unpaired) electrons. The van der Waals surface area contributed by atoms with Crippen molar-refractivity contribution in [1.82, 2.24) is 14.5 Å². The number of hydrogen-bond donors (Lipinski definition) is 1. The van der Waals surface area contributed by atoms with Crippen LogP contribution in [0.25, 0.3) is 0 Å². The second-order valence-corrected chi connectivity index (χ2v) is 8.51. The van der Waals surface area contributed by atoms with Crippen LogP contribution in [-0.2, 0) is 41.6 Å². The highest BCUT2D eigenvalue weighted by Crippen LogP contribution is 2.24. The first-order chi connectivity index (χ1) is 13.4. The number of halogens is 1. The van der Waals surface area contributed by atoms with Crippen LogP contribution in [0.5, 0.6) is 0 Å². The van der Waals surface area contributed by atoms with Crippen LogP contribution in [-0.4, -0.2) is 18.2 Å². The lowest BCUT2D eigenvalue weighted by molar-refractivity contribution is 0.107. The monoisotopic (exact) mass is 419 g/mol. The largest absolute Gasteiger partial charge is 0.372 e. The average Bonchev–Trinajstić information content (AvgIpc) is 2.94. The van der Waals surface area contributed by atoms with Gasteiger partial charge < -0.3 is 4.74 Å². The summed E-state index contributed by atoms with van der Waals surface area (Å²) in [4.78, 5) is 0.0163. The summed E-state index contributed by atoms with van der Waals surface area (Å²) in [7, 11) is -2.14. The summed E-state index contributed by atoms with van der Waals surface area (Å²) in [5.41, 5.74) is 3.35. The number of hydrogen-bond acceptors (Lipinski definition) is 4. The van der Waals surface area contributed by atoms with Gasteiger partial charge in [-0.2, -0.15) is 5.10 Å². The fourth-order valence-corrected chi connectivity index (χ4v) is 4.54. The van der Waals surface area contributed by atoms with Crippen LogP contribution in [0.1, 0.15) is 22.4 Å². The number of rotatable bonds is 8. The Labute approximate surface area is 170 Å². The molecule has 0 amide bonds. The minimum absolute atomic E-state index is 0.0163. The molecule has 0 aliphatic rings. The molecular formula is C20H22ClN3O3S. The molecule has 2 aromatic carbocycles. The third kappa shape index (κ3) is 4.99. The quantitative estimate of drug-likeness (QED) is 0.605. The van der Waals surface area contributed by atoms with Gasteiger partial charge in [0, 0.05) is 13.6 Å². The number of aromatic nitrogens is 2. The Morgan fingerprint density at radius 2 is 1.57 bits per heavy atom. The first kappa shape index (κ1) is 20.5. The topological polar surface area (TPSA) is 73.2 Å². The van der Waals surface area contributed by atoms with Crippen molar-refractivity contribution in [3.63, 3.8) is 0 Å². The van der Waals surface area contributed by atoms with Crippen molar-refractivity contribution in [1.29, 1.82) is 0 Å². The van der Waals surface area contributed by atoms with Crippen LogP contribution in [0.3, 0.4) is 0 Å². The van der Waals surface area contributed by atoms with Gasteiger partial charge in [-0.25, -0.2) is 13.1 Å². The van der Waals surface area contributed by atoms with Crippen molar-refractivity contribution in [2.45, 2.75) is 31.6 Å². The maximum absolute atomic E-state index is 12.5. The summed E-state index contributed by atoms with van der Waals surface area (Å²) < 4.78 is 34.7. The van der Waals surface area contributed by atoms with Crippen LogP contribution in [0.2, 0.25) is 5.15 Å². The minimum atomic E-state index is -3.74. The number of nitrogens with zero attached hydrogens (tertiary/aromatic N) is 2. The summed E-state index contributed by atoms with van der Waals surface area (Å²) >= 11 is 6.06. The van der Waals surface area contributed by atoms with E-state index in [-0.39, 0.29) is 16.6 Å². The Morgan fingerprint density at radius 1 is 1.00 bits per heavy atom. The Hall–Kier alpha value is -2.19. The number of aryl methyl sites for hydroxylation is 2. The highest BCUT2D eigenvalue weighted by atomic mass is 35.5. The zero-order valence-corrected chi connectivity index (χ0v) is 17.3. The Balaban J connectivity index is 1.55. The lowest BCUT2D eigenvalue weighted by Gasteiger charge is -2.08. The van der Waals surface area contributed by atoms with Crippen LogP contribution in [0, 0.1) is 6.92 Å². The third-order valence-electron chi connectivity index (χ3n) is 4.24. The van der Waals surface area contributed by atoms with Crippen molar-refractivity contribution in [3.05, 3.63) is 82.1 Å². The van der Waals surface area contributed by atoms with E-state index < -0.39 is 10.0 Å². The minimum Gasteiger partial charge on any atom is -0.372 e. The fraction of sp³-hybridized carbons (Fsp3) is 0.250. The van der Waals surface area contributed by atoms with E-state index in [2.05, 4.69) is 9.82 Å². The normalized spacial score (nSPS) is 11.7. The van der Waals surface area contributed by atoms with Gasteiger partial charge in [0.15, 0.2) is 0 Å². The van der Waals surface area contributed by atoms with Crippen molar-refractivity contribution in [2.75, 3.05) is 0 Å². The van der Waals surface area contributed by atoms with Crippen molar-refractivity contribution in [3.8, 4) is 0 Å². The lowest BCUT2D eigenvalue weighted by atomic mass is 10.1. The van der Waals surface area contributed by atoms with Gasteiger partial charge >= 0.3 is 0 Å². The van der Waals surface area contributed by atoms with Gasteiger partial charge in [-0.05, 0) is 23.6 Å². The lowest BCUT2D eigenvalue weighted by Crippen LogP contribution is -2.24. The fourth-order valence-electron chi connectivity index (χ4n) is 2.78. The molecular weight excluding hydrogens is 398 g/mol. The Kier molecular flexibility index (Phi) is 6.51. The first-order valence-corrected chi connectivity index (χ1v) is 10.6. The predicted molar refractivity (Wildman–Crippen MR) is 108 cm³/mol. The first-order valence-electron chi connectivity index (χ1n) is 8.75. The van der Waals surface area contributed by atoms with E-state index in [9.17, 15) is 8.42 Å². The predicted octanol–water partition coefficient (Wildman–Crippen LogP) is 3.58. The molecule has 8 heteroatoms. The van der Waals surface area contributed by atoms with Crippen LogP contribution < -0.4 is 4.72 Å². The molecule has 0 saturated heterocycles. The molecule has 1 aromatic heterocycles. The van der Waals surface area contributed by atoms with E-state index in [1.165, 1.54) is 4.68 Å². The standard InChI is InChI=1S/C20H22ClN3O3S/c1-15-19(20(21)24(2)23-15)28(25,26)22-12-16-8-10-18(11-9-16)14-27-13-17-6-4-3-5-7-17/h3-11,22H,12-14H2,1-2H3. The van der Waals surface area contributed by atoms with Crippen LogP contribution in [0.15, 0.2) is 59.5 Å². The molecule has 148 valence electrons. The summed E-state index contributed by atoms with van der Waals surface area (Å²) in [5.74, 6) is 0. The molecule has 0 saturated carbocycles. The molecule has 1 N–H and O–H groups in total. The zero-order chi connectivity index (χ0) is 20.1. The number of nitrogens with one attached hydrogen (secondary N) is 1. The van der Waals surface area contributed by atoms with E-state index >= 15 is 0 Å². The summed E-state index contributed by atoms with van der Waals surface area (Å²) in [5, 5.41) is 4.14. The van der Waals surface area contributed by atoms with Crippen LogP contribution in [0.4, 0.5) is 0 Å². The Bertz CT molecular complexity index is 1030. The molecule has 28 heavy (non-hydrogen) atoms. The molecule has 0 spiro atoms. The molecule has 0 aliphatic heterocycles. The maximum Gasteiger partial charge on any atom is 0.245 e. The molecule has 0 fully saturated rings. The molecule has 6 nitrogen and oxygen atoms in total. The highest BCUT2D eigenvalue weighted by Gasteiger charge is 2.24. The summed E-state index contributed by atoms with van der Waals surface area (Å²) in [6.45, 7) is 2.82. The molecule has 0 aliphatic carbocycles. The molecule has 0 unspecified atom stereocenters. The Morgan fingerprint density at radius 3 is 2.14 bits per heavy atom. The molecule has 3 rings (SSSR count). The molecule has 1 heterocycles. The van der Waals surface area contributed by atoms with Crippen molar-refractivity contribution >= 4 is 21.6 Å². The summed E-state index contributed by atoms with van der Waals surface area (Å²) in [6, 6.07) is 17.6. The number of ether oxygens (including phenoxy) is 1. The van der Waals surface area contributed by atoms with E-state index in [1.54, 1.807) is 14.0 Å². The smallest absolute Gasteiger partial charge is 0.245 e.